The molecule has 0 fully saturated rings. The molecular formula is C46H29NO2. The van der Waals surface area contributed by atoms with Gasteiger partial charge in [-0.05, 0) is 93.7 Å². The van der Waals surface area contributed by atoms with Crippen LogP contribution in [0.4, 0.5) is 17.1 Å². The molecule has 8 aromatic carbocycles. The lowest BCUT2D eigenvalue weighted by Crippen LogP contribution is -2.09. The Labute approximate surface area is 282 Å². The molecule has 0 saturated carbocycles. The van der Waals surface area contributed by atoms with E-state index in [0.29, 0.717) is 0 Å². The van der Waals surface area contributed by atoms with Gasteiger partial charge in [0.15, 0.2) is 0 Å². The summed E-state index contributed by atoms with van der Waals surface area (Å²) in [6, 6.07) is 62.1. The van der Waals surface area contributed by atoms with Gasteiger partial charge in [-0.1, -0.05) is 115 Å². The van der Waals surface area contributed by atoms with Gasteiger partial charge in [-0.2, -0.15) is 0 Å². The zero-order valence-electron chi connectivity index (χ0n) is 26.5. The van der Waals surface area contributed by atoms with Crippen molar-refractivity contribution in [2.75, 3.05) is 4.90 Å². The molecule has 3 nitrogen and oxygen atoms in total. The smallest absolute Gasteiger partial charge is 0.136 e. The van der Waals surface area contributed by atoms with Crippen molar-refractivity contribution in [3.63, 3.8) is 0 Å². The molecule has 10 rings (SSSR count). The second-order valence-electron chi connectivity index (χ2n) is 12.5. The zero-order chi connectivity index (χ0) is 32.3. The molecule has 0 spiro atoms. The first kappa shape index (κ1) is 27.5. The van der Waals surface area contributed by atoms with Crippen LogP contribution in [-0.4, -0.2) is 0 Å². The number of furan rings is 2. The van der Waals surface area contributed by atoms with E-state index in [4.69, 9.17) is 8.83 Å². The summed E-state index contributed by atoms with van der Waals surface area (Å²) in [4.78, 5) is 2.33. The minimum atomic E-state index is 0.880. The molecule has 0 aliphatic rings. The number of anilines is 3. The van der Waals surface area contributed by atoms with E-state index in [-0.39, 0.29) is 0 Å². The molecule has 0 atom stereocenters. The number of nitrogens with zero attached hydrogens (tertiary/aromatic N) is 1. The molecule has 0 unspecified atom stereocenters. The van der Waals surface area contributed by atoms with Crippen LogP contribution in [0, 0.1) is 0 Å². The largest absolute Gasteiger partial charge is 0.456 e. The van der Waals surface area contributed by atoms with Crippen LogP contribution in [0.2, 0.25) is 0 Å². The summed E-state index contributed by atoms with van der Waals surface area (Å²) in [5.74, 6) is 0. The molecule has 3 heteroatoms. The first-order valence-electron chi connectivity index (χ1n) is 16.6. The van der Waals surface area contributed by atoms with Crippen LogP contribution in [-0.2, 0) is 0 Å². The van der Waals surface area contributed by atoms with Crippen molar-refractivity contribution in [3.8, 4) is 22.3 Å². The normalized spacial score (nSPS) is 11.7. The maximum Gasteiger partial charge on any atom is 0.136 e. The average molecular weight is 628 g/mol. The molecule has 0 saturated heterocycles. The van der Waals surface area contributed by atoms with E-state index in [1.54, 1.807) is 0 Å². The van der Waals surface area contributed by atoms with Gasteiger partial charge in [-0.3, -0.25) is 0 Å². The molecule has 0 radical (unpaired) electrons. The Morgan fingerprint density at radius 3 is 1.69 bits per heavy atom. The van der Waals surface area contributed by atoms with Crippen LogP contribution in [0.15, 0.2) is 185 Å². The molecule has 2 aromatic heterocycles. The molecule has 0 aliphatic carbocycles. The number of hydrogen-bond acceptors (Lipinski definition) is 3. The Kier molecular flexibility index (Phi) is 6.18. The van der Waals surface area contributed by atoms with E-state index in [2.05, 4.69) is 163 Å². The van der Waals surface area contributed by atoms with E-state index in [1.807, 2.05) is 18.2 Å². The van der Waals surface area contributed by atoms with Crippen LogP contribution in [0.25, 0.3) is 76.9 Å². The SMILES string of the molecule is c1ccc(-c2ccc(N(c3ccc(-c4cccc5oc6ccccc6c45)cc3)c3ccc4oc5ccc6ccccc6c5c4c3)cc2)cc1. The topological polar surface area (TPSA) is 29.5 Å². The minimum absolute atomic E-state index is 0.880. The Morgan fingerprint density at radius 1 is 0.327 bits per heavy atom. The second-order valence-corrected chi connectivity index (χ2v) is 12.5. The molecule has 2 heterocycles. The highest BCUT2D eigenvalue weighted by atomic mass is 16.3. The number of hydrogen-bond donors (Lipinski definition) is 0. The molecule has 0 aliphatic heterocycles. The predicted octanol–water partition coefficient (Wildman–Crippen LogP) is 13.4. The third kappa shape index (κ3) is 4.51. The predicted molar refractivity (Wildman–Crippen MR) is 204 cm³/mol. The van der Waals surface area contributed by atoms with Gasteiger partial charge in [-0.15, -0.1) is 0 Å². The van der Waals surface area contributed by atoms with Gasteiger partial charge in [0.2, 0.25) is 0 Å². The molecule has 10 aromatic rings. The van der Waals surface area contributed by atoms with Gasteiger partial charge in [-0.25, -0.2) is 0 Å². The van der Waals surface area contributed by atoms with Crippen molar-refractivity contribution in [2.45, 2.75) is 0 Å². The number of para-hydroxylation sites is 1. The summed E-state index contributed by atoms with van der Waals surface area (Å²) in [7, 11) is 0. The lowest BCUT2D eigenvalue weighted by Gasteiger charge is -2.26. The van der Waals surface area contributed by atoms with Gasteiger partial charge < -0.3 is 13.7 Å². The highest BCUT2D eigenvalue weighted by Gasteiger charge is 2.18. The van der Waals surface area contributed by atoms with Gasteiger partial charge >= 0.3 is 0 Å². The maximum atomic E-state index is 6.37. The molecule has 230 valence electrons. The fraction of sp³-hybridized carbons (Fsp3) is 0. The van der Waals surface area contributed by atoms with Crippen molar-refractivity contribution in [3.05, 3.63) is 176 Å². The summed E-state index contributed by atoms with van der Waals surface area (Å²) in [6.07, 6.45) is 0. The first-order valence-corrected chi connectivity index (χ1v) is 16.6. The van der Waals surface area contributed by atoms with Gasteiger partial charge in [0.25, 0.3) is 0 Å². The van der Waals surface area contributed by atoms with Crippen molar-refractivity contribution in [2.24, 2.45) is 0 Å². The highest BCUT2D eigenvalue weighted by molar-refractivity contribution is 6.19. The van der Waals surface area contributed by atoms with Crippen LogP contribution in [0.1, 0.15) is 0 Å². The molecule has 0 amide bonds. The van der Waals surface area contributed by atoms with E-state index >= 15 is 0 Å². The molecular weight excluding hydrogens is 599 g/mol. The van der Waals surface area contributed by atoms with Crippen molar-refractivity contribution in [1.29, 1.82) is 0 Å². The maximum absolute atomic E-state index is 6.37. The van der Waals surface area contributed by atoms with Crippen LogP contribution in [0.5, 0.6) is 0 Å². The van der Waals surface area contributed by atoms with E-state index in [1.165, 1.54) is 21.9 Å². The number of rotatable bonds is 5. The van der Waals surface area contributed by atoms with E-state index in [0.717, 1.165) is 72.1 Å². The van der Waals surface area contributed by atoms with Gasteiger partial charge in [0.1, 0.15) is 22.3 Å². The second kappa shape index (κ2) is 11.0. The van der Waals surface area contributed by atoms with Crippen LogP contribution >= 0.6 is 0 Å². The Hall–Kier alpha value is -6.58. The highest BCUT2D eigenvalue weighted by Crippen LogP contribution is 2.42. The van der Waals surface area contributed by atoms with Gasteiger partial charge in [0, 0.05) is 38.6 Å². The standard InChI is InChI=1S/C46H29NO2/c1-2-9-30(10-3-1)31-17-22-34(23-18-31)47(36-26-28-42-40(29-36)46-37-12-5-4-11-32(37)21-27-44(46)49-42)35-24-19-33(20-25-35)38-14-8-16-43-45(38)39-13-6-7-15-41(39)48-43/h1-29H. The fourth-order valence-electron chi connectivity index (χ4n) is 7.36. The number of benzene rings is 8. The quantitative estimate of drug-likeness (QED) is 0.190. The third-order valence-corrected chi connectivity index (χ3v) is 9.67. The van der Waals surface area contributed by atoms with Crippen LogP contribution < -0.4 is 4.90 Å². The van der Waals surface area contributed by atoms with Crippen molar-refractivity contribution >= 4 is 71.7 Å². The molecule has 0 N–H and O–H groups in total. The fourth-order valence-corrected chi connectivity index (χ4v) is 7.36. The Morgan fingerprint density at radius 2 is 0.898 bits per heavy atom. The van der Waals surface area contributed by atoms with Crippen LogP contribution in [0.3, 0.4) is 0 Å². The summed E-state index contributed by atoms with van der Waals surface area (Å²) in [6.45, 7) is 0. The van der Waals surface area contributed by atoms with Crippen molar-refractivity contribution in [1.82, 2.24) is 0 Å². The van der Waals surface area contributed by atoms with Crippen molar-refractivity contribution < 1.29 is 8.83 Å². The first-order chi connectivity index (χ1) is 24.3. The average Bonchev–Trinajstić information content (AvgIpc) is 3.74. The Balaban J connectivity index is 1.13. The van der Waals surface area contributed by atoms with E-state index < -0.39 is 0 Å². The lowest BCUT2D eigenvalue weighted by atomic mass is 9.99. The molecule has 0 bridgehead atoms. The summed E-state index contributed by atoms with van der Waals surface area (Å²) in [5.41, 5.74) is 11.5. The third-order valence-electron chi connectivity index (χ3n) is 9.67. The lowest BCUT2D eigenvalue weighted by molar-refractivity contribution is 0.668. The summed E-state index contributed by atoms with van der Waals surface area (Å²) in [5, 5.41) is 6.91. The minimum Gasteiger partial charge on any atom is -0.456 e. The number of fused-ring (bicyclic) bond motifs is 8. The summed E-state index contributed by atoms with van der Waals surface area (Å²) >= 11 is 0. The Bertz CT molecular complexity index is 2810. The monoisotopic (exact) mass is 627 g/mol. The molecule has 49 heavy (non-hydrogen) atoms. The van der Waals surface area contributed by atoms with E-state index in [9.17, 15) is 0 Å². The zero-order valence-corrected chi connectivity index (χ0v) is 26.5. The summed E-state index contributed by atoms with van der Waals surface area (Å²) < 4.78 is 12.6. The van der Waals surface area contributed by atoms with Gasteiger partial charge in [0.05, 0.1) is 0 Å².